The number of rotatable bonds is 2. The highest BCUT2D eigenvalue weighted by Crippen LogP contribution is 2.25. The van der Waals surface area contributed by atoms with Crippen LogP contribution in [0, 0.1) is 12.7 Å². The first kappa shape index (κ1) is 10.2. The Morgan fingerprint density at radius 3 is 2.80 bits per heavy atom. The van der Waals surface area contributed by atoms with Crippen LogP contribution in [0.5, 0.6) is 0 Å². The van der Waals surface area contributed by atoms with E-state index in [4.69, 9.17) is 5.11 Å². The van der Waals surface area contributed by atoms with Crippen molar-refractivity contribution < 1.29 is 9.50 Å². The first-order valence-electron chi connectivity index (χ1n) is 4.99. The lowest BCUT2D eigenvalue weighted by Crippen LogP contribution is -1.95. The molecule has 3 heteroatoms. The van der Waals surface area contributed by atoms with Crippen LogP contribution in [0.15, 0.2) is 18.2 Å². The molecule has 1 aromatic heterocycles. The van der Waals surface area contributed by atoms with E-state index in [2.05, 4.69) is 0 Å². The minimum absolute atomic E-state index is 0.122. The molecule has 0 fully saturated rings. The molecule has 80 valence electrons. The van der Waals surface area contributed by atoms with E-state index in [1.54, 1.807) is 6.07 Å². The fourth-order valence-corrected chi connectivity index (χ4v) is 2.04. The predicted molar refractivity (Wildman–Crippen MR) is 58.4 cm³/mol. The molecule has 1 heterocycles. The van der Waals surface area contributed by atoms with Gasteiger partial charge < -0.3 is 9.67 Å². The van der Waals surface area contributed by atoms with Gasteiger partial charge in [0, 0.05) is 24.7 Å². The number of nitrogens with zero attached hydrogens (tertiary/aromatic N) is 1. The molecule has 2 aromatic rings. The molecule has 0 aliphatic rings. The molecule has 0 spiro atoms. The number of hydrogen-bond acceptors (Lipinski definition) is 1. The standard InChI is InChI=1S/C12H14FNO/c1-8-10(5-6-15)11-4-3-9(13)7-12(11)14(8)2/h3-4,7,15H,5-6H2,1-2H3. The normalized spacial score (nSPS) is 11.2. The van der Waals surface area contributed by atoms with E-state index in [1.165, 1.54) is 12.1 Å². The van der Waals surface area contributed by atoms with Crippen molar-refractivity contribution in [3.8, 4) is 0 Å². The molecular weight excluding hydrogens is 193 g/mol. The number of hydrogen-bond donors (Lipinski definition) is 1. The van der Waals surface area contributed by atoms with Gasteiger partial charge in [-0.15, -0.1) is 0 Å². The number of fused-ring (bicyclic) bond motifs is 1. The van der Waals surface area contributed by atoms with E-state index in [1.807, 2.05) is 18.5 Å². The van der Waals surface area contributed by atoms with E-state index in [9.17, 15) is 4.39 Å². The second-order valence-electron chi connectivity index (χ2n) is 3.76. The molecule has 0 saturated carbocycles. The third-order valence-electron chi connectivity index (χ3n) is 2.95. The summed E-state index contributed by atoms with van der Waals surface area (Å²) in [5.41, 5.74) is 3.08. The Balaban J connectivity index is 2.75. The van der Waals surface area contributed by atoms with Crippen molar-refractivity contribution in [1.82, 2.24) is 4.57 Å². The summed E-state index contributed by atoms with van der Waals surface area (Å²) in [5.74, 6) is -0.223. The van der Waals surface area contributed by atoms with E-state index < -0.39 is 0 Å². The fourth-order valence-electron chi connectivity index (χ4n) is 2.04. The van der Waals surface area contributed by atoms with Crippen LogP contribution in [0.25, 0.3) is 10.9 Å². The Morgan fingerprint density at radius 1 is 1.40 bits per heavy atom. The van der Waals surface area contributed by atoms with E-state index in [0.29, 0.717) is 6.42 Å². The topological polar surface area (TPSA) is 25.2 Å². The van der Waals surface area contributed by atoms with E-state index in [0.717, 1.165) is 22.2 Å². The van der Waals surface area contributed by atoms with Gasteiger partial charge in [0.25, 0.3) is 0 Å². The Kier molecular flexibility index (Phi) is 2.49. The van der Waals surface area contributed by atoms with Crippen LogP contribution in [0.2, 0.25) is 0 Å². The van der Waals surface area contributed by atoms with Crippen LogP contribution >= 0.6 is 0 Å². The number of aliphatic hydroxyl groups excluding tert-OH is 1. The third kappa shape index (κ3) is 1.53. The van der Waals surface area contributed by atoms with Crippen LogP contribution in [0.1, 0.15) is 11.3 Å². The van der Waals surface area contributed by atoms with Crippen molar-refractivity contribution in [2.24, 2.45) is 7.05 Å². The van der Waals surface area contributed by atoms with Crippen LogP contribution in [0.3, 0.4) is 0 Å². The lowest BCUT2D eigenvalue weighted by atomic mass is 10.1. The summed E-state index contributed by atoms with van der Waals surface area (Å²) in [6.07, 6.45) is 0.620. The van der Waals surface area contributed by atoms with Gasteiger partial charge in [-0.2, -0.15) is 0 Å². The molecule has 2 nitrogen and oxygen atoms in total. The van der Waals surface area contributed by atoms with E-state index >= 15 is 0 Å². The number of benzene rings is 1. The van der Waals surface area contributed by atoms with Gasteiger partial charge in [0.1, 0.15) is 5.82 Å². The lowest BCUT2D eigenvalue weighted by molar-refractivity contribution is 0.299. The van der Waals surface area contributed by atoms with Crippen LogP contribution < -0.4 is 0 Å². The zero-order valence-electron chi connectivity index (χ0n) is 8.92. The molecule has 15 heavy (non-hydrogen) atoms. The molecule has 0 aliphatic carbocycles. The molecule has 0 radical (unpaired) electrons. The second-order valence-corrected chi connectivity index (χ2v) is 3.76. The largest absolute Gasteiger partial charge is 0.396 e. The highest BCUT2D eigenvalue weighted by atomic mass is 19.1. The van der Waals surface area contributed by atoms with Gasteiger partial charge in [-0.05, 0) is 37.1 Å². The molecule has 1 aromatic carbocycles. The predicted octanol–water partition coefficient (Wildman–Crippen LogP) is 2.16. The summed E-state index contributed by atoms with van der Waals surface area (Å²) >= 11 is 0. The first-order valence-corrected chi connectivity index (χ1v) is 4.99. The van der Waals surface area contributed by atoms with Crippen LogP contribution in [-0.4, -0.2) is 16.3 Å². The summed E-state index contributed by atoms with van der Waals surface area (Å²) in [6, 6.07) is 4.77. The highest BCUT2D eigenvalue weighted by Gasteiger charge is 2.11. The summed E-state index contributed by atoms with van der Waals surface area (Å²) in [5, 5.41) is 10.0. The highest BCUT2D eigenvalue weighted by molar-refractivity contribution is 5.85. The Bertz CT molecular complexity index is 502. The number of halogens is 1. The maximum atomic E-state index is 13.1. The smallest absolute Gasteiger partial charge is 0.125 e. The van der Waals surface area contributed by atoms with Gasteiger partial charge in [-0.1, -0.05) is 0 Å². The summed E-state index contributed by atoms with van der Waals surface area (Å²) < 4.78 is 15.0. The molecule has 0 atom stereocenters. The maximum Gasteiger partial charge on any atom is 0.125 e. The van der Waals surface area contributed by atoms with Crippen LogP contribution in [-0.2, 0) is 13.5 Å². The molecule has 0 amide bonds. The summed E-state index contributed by atoms with van der Waals surface area (Å²) in [4.78, 5) is 0. The zero-order chi connectivity index (χ0) is 11.0. The molecule has 0 unspecified atom stereocenters. The average molecular weight is 207 g/mol. The van der Waals surface area contributed by atoms with Gasteiger partial charge in [0.15, 0.2) is 0 Å². The molecule has 0 aliphatic heterocycles. The van der Waals surface area contributed by atoms with Crippen molar-refractivity contribution in [1.29, 1.82) is 0 Å². The Labute approximate surface area is 88.0 Å². The minimum atomic E-state index is -0.223. The van der Waals surface area contributed by atoms with Gasteiger partial charge in [0.05, 0.1) is 5.52 Å². The van der Waals surface area contributed by atoms with Gasteiger partial charge in [-0.3, -0.25) is 0 Å². The molecular formula is C12H14FNO. The molecule has 0 saturated heterocycles. The number of aromatic nitrogens is 1. The van der Waals surface area contributed by atoms with Crippen molar-refractivity contribution >= 4 is 10.9 Å². The second kappa shape index (κ2) is 3.66. The third-order valence-corrected chi connectivity index (χ3v) is 2.95. The Hall–Kier alpha value is -1.35. The first-order chi connectivity index (χ1) is 7.15. The monoisotopic (exact) mass is 207 g/mol. The van der Waals surface area contributed by atoms with Crippen molar-refractivity contribution in [3.05, 3.63) is 35.3 Å². The average Bonchev–Trinajstić information content (AvgIpc) is 2.44. The zero-order valence-corrected chi connectivity index (χ0v) is 8.92. The summed E-state index contributed by atoms with van der Waals surface area (Å²) in [7, 11) is 1.91. The lowest BCUT2D eigenvalue weighted by Gasteiger charge is -1.99. The van der Waals surface area contributed by atoms with Gasteiger partial charge in [0.2, 0.25) is 0 Å². The quantitative estimate of drug-likeness (QED) is 0.802. The minimum Gasteiger partial charge on any atom is -0.396 e. The number of aryl methyl sites for hydroxylation is 1. The van der Waals surface area contributed by atoms with Crippen molar-refractivity contribution in [3.63, 3.8) is 0 Å². The molecule has 1 N–H and O–H groups in total. The van der Waals surface area contributed by atoms with E-state index in [-0.39, 0.29) is 12.4 Å². The number of aliphatic hydroxyl groups is 1. The van der Waals surface area contributed by atoms with Crippen molar-refractivity contribution in [2.45, 2.75) is 13.3 Å². The summed E-state index contributed by atoms with van der Waals surface area (Å²) in [6.45, 7) is 2.11. The molecule has 2 rings (SSSR count). The molecule has 0 bridgehead atoms. The fraction of sp³-hybridized carbons (Fsp3) is 0.333. The Morgan fingerprint density at radius 2 is 2.13 bits per heavy atom. The van der Waals surface area contributed by atoms with Crippen molar-refractivity contribution in [2.75, 3.05) is 6.61 Å². The van der Waals surface area contributed by atoms with Crippen LogP contribution in [0.4, 0.5) is 4.39 Å². The SMILES string of the molecule is Cc1c(CCO)c2ccc(F)cc2n1C. The maximum absolute atomic E-state index is 13.1. The van der Waals surface area contributed by atoms with Gasteiger partial charge in [-0.25, -0.2) is 4.39 Å². The van der Waals surface area contributed by atoms with Gasteiger partial charge >= 0.3 is 0 Å².